The van der Waals surface area contributed by atoms with E-state index >= 15 is 0 Å². The number of likely N-dealkylation sites (tertiary alicyclic amines) is 1. The van der Waals surface area contributed by atoms with Crippen LogP contribution in [0.25, 0.3) is 0 Å². The van der Waals surface area contributed by atoms with E-state index in [1.54, 1.807) is 11.2 Å². The molecule has 3 rings (SSSR count). The highest BCUT2D eigenvalue weighted by Crippen LogP contribution is 2.48. The first-order valence-corrected chi connectivity index (χ1v) is 13.0. The number of sulfonamides is 1. The van der Waals surface area contributed by atoms with Crippen molar-refractivity contribution in [2.45, 2.75) is 46.1 Å². The summed E-state index contributed by atoms with van der Waals surface area (Å²) in [6.07, 6.45) is 3.59. The van der Waals surface area contributed by atoms with Gasteiger partial charge < -0.3 is 14.7 Å². The number of hydrogen-bond acceptors (Lipinski definition) is 8. The molecule has 2 aliphatic heterocycles. The first-order valence-electron chi connectivity index (χ1n) is 11.1. The monoisotopic (exact) mass is 456 g/mol. The van der Waals surface area contributed by atoms with Gasteiger partial charge in [0, 0.05) is 32.7 Å². The van der Waals surface area contributed by atoms with Crippen molar-refractivity contribution < 1.29 is 17.7 Å². The maximum Gasteiger partial charge on any atom is 0.244 e. The second kappa shape index (κ2) is 9.93. The number of amides is 1. The third-order valence-electron chi connectivity index (χ3n) is 6.68. The minimum absolute atomic E-state index is 0.0148. The SMILES string of the molecule is CCN(CC)CCNC(=O)CN1CC2(CCN(S(C)(=O)=O)CC2)CC1c1nc(C)no1. The van der Waals surface area contributed by atoms with Gasteiger partial charge in [-0.3, -0.25) is 9.69 Å². The Bertz CT molecular complexity index is 846. The maximum atomic E-state index is 12.7. The lowest BCUT2D eigenvalue weighted by molar-refractivity contribution is -0.122. The van der Waals surface area contributed by atoms with Crippen molar-refractivity contribution in [2.24, 2.45) is 5.41 Å². The van der Waals surface area contributed by atoms with Crippen LogP contribution in [-0.2, 0) is 14.8 Å². The second-order valence-electron chi connectivity index (χ2n) is 8.84. The van der Waals surface area contributed by atoms with Crippen molar-refractivity contribution in [3.8, 4) is 0 Å². The van der Waals surface area contributed by atoms with E-state index in [4.69, 9.17) is 4.52 Å². The van der Waals surface area contributed by atoms with E-state index in [9.17, 15) is 13.2 Å². The summed E-state index contributed by atoms with van der Waals surface area (Å²) in [7, 11) is -3.18. The number of nitrogens with one attached hydrogen (secondary N) is 1. The van der Waals surface area contributed by atoms with Gasteiger partial charge in [0.05, 0.1) is 18.8 Å². The fraction of sp³-hybridized carbons (Fsp3) is 0.850. The number of hydrogen-bond donors (Lipinski definition) is 1. The number of carbonyl (C=O) groups is 1. The average molecular weight is 457 g/mol. The molecule has 0 aromatic carbocycles. The van der Waals surface area contributed by atoms with Gasteiger partial charge in [-0.2, -0.15) is 4.98 Å². The quantitative estimate of drug-likeness (QED) is 0.576. The molecule has 1 amide bonds. The van der Waals surface area contributed by atoms with Crippen LogP contribution in [0.15, 0.2) is 4.52 Å². The Hall–Kier alpha value is -1.56. The van der Waals surface area contributed by atoms with Crippen LogP contribution in [0.5, 0.6) is 0 Å². The van der Waals surface area contributed by atoms with Crippen molar-refractivity contribution in [3.63, 3.8) is 0 Å². The van der Waals surface area contributed by atoms with Crippen molar-refractivity contribution in [1.29, 1.82) is 0 Å². The third-order valence-corrected chi connectivity index (χ3v) is 7.98. The molecule has 2 saturated heterocycles. The normalized spacial score (nSPS) is 22.4. The van der Waals surface area contributed by atoms with Crippen LogP contribution in [0, 0.1) is 12.3 Å². The highest BCUT2D eigenvalue weighted by molar-refractivity contribution is 7.88. The van der Waals surface area contributed by atoms with E-state index in [2.05, 4.69) is 39.1 Å². The molecule has 1 aromatic rings. The molecule has 2 aliphatic rings. The van der Waals surface area contributed by atoms with E-state index < -0.39 is 10.0 Å². The molecule has 1 atom stereocenters. The summed E-state index contributed by atoms with van der Waals surface area (Å²) < 4.78 is 30.8. The molecular formula is C20H36N6O4S. The Morgan fingerprint density at radius 3 is 2.52 bits per heavy atom. The van der Waals surface area contributed by atoms with Crippen LogP contribution >= 0.6 is 0 Å². The average Bonchev–Trinajstić information content (AvgIpc) is 3.28. The topological polar surface area (TPSA) is 112 Å². The highest BCUT2D eigenvalue weighted by Gasteiger charge is 2.48. The van der Waals surface area contributed by atoms with Crippen LogP contribution in [0.4, 0.5) is 0 Å². The smallest absolute Gasteiger partial charge is 0.244 e. The first-order chi connectivity index (χ1) is 14.7. The lowest BCUT2D eigenvalue weighted by Gasteiger charge is -2.38. The second-order valence-corrected chi connectivity index (χ2v) is 10.8. The summed E-state index contributed by atoms with van der Waals surface area (Å²) in [5.41, 5.74) is -0.0459. The van der Waals surface area contributed by atoms with Crippen LogP contribution in [0.3, 0.4) is 0 Å². The van der Waals surface area contributed by atoms with Gasteiger partial charge in [-0.1, -0.05) is 19.0 Å². The van der Waals surface area contributed by atoms with Crippen LogP contribution < -0.4 is 5.32 Å². The van der Waals surface area contributed by atoms with Gasteiger partial charge in [0.2, 0.25) is 21.8 Å². The summed E-state index contributed by atoms with van der Waals surface area (Å²) >= 11 is 0. The maximum absolute atomic E-state index is 12.7. The Morgan fingerprint density at radius 1 is 1.29 bits per heavy atom. The van der Waals surface area contributed by atoms with E-state index in [1.807, 2.05) is 0 Å². The van der Waals surface area contributed by atoms with Crippen LogP contribution in [0.1, 0.15) is 50.9 Å². The van der Waals surface area contributed by atoms with Gasteiger partial charge in [0.1, 0.15) is 0 Å². The summed E-state index contributed by atoms with van der Waals surface area (Å²) in [4.78, 5) is 21.5. The van der Waals surface area contributed by atoms with E-state index in [1.165, 1.54) is 6.26 Å². The predicted octanol–water partition coefficient (Wildman–Crippen LogP) is 0.625. The molecule has 1 spiro atoms. The molecule has 3 heterocycles. The van der Waals surface area contributed by atoms with Gasteiger partial charge in [-0.25, -0.2) is 12.7 Å². The van der Waals surface area contributed by atoms with Crippen LogP contribution in [0.2, 0.25) is 0 Å². The van der Waals surface area contributed by atoms with Crippen molar-refractivity contribution >= 4 is 15.9 Å². The molecular weight excluding hydrogens is 420 g/mol. The minimum Gasteiger partial charge on any atom is -0.354 e. The fourth-order valence-corrected chi connectivity index (χ4v) is 5.64. The van der Waals surface area contributed by atoms with E-state index in [0.717, 1.165) is 45.4 Å². The zero-order valence-corrected chi connectivity index (χ0v) is 19.9. The van der Waals surface area contributed by atoms with Crippen LogP contribution in [-0.4, -0.2) is 97.2 Å². The van der Waals surface area contributed by atoms with Gasteiger partial charge in [-0.05, 0) is 44.7 Å². The molecule has 1 aromatic heterocycles. The standard InChI is InChI=1S/C20H36N6O4S/c1-5-24(6-2)12-9-21-18(27)14-25-15-20(7-10-26(11-8-20)31(4,28)29)13-17(25)19-22-16(3)23-30-19/h17H,5-15H2,1-4H3,(H,21,27). The molecule has 1 unspecified atom stereocenters. The fourth-order valence-electron chi connectivity index (χ4n) is 4.79. The highest BCUT2D eigenvalue weighted by atomic mass is 32.2. The third kappa shape index (κ3) is 6.03. The lowest BCUT2D eigenvalue weighted by Crippen LogP contribution is -2.45. The molecule has 0 saturated carbocycles. The molecule has 31 heavy (non-hydrogen) atoms. The van der Waals surface area contributed by atoms with Crippen molar-refractivity contribution in [3.05, 3.63) is 11.7 Å². The Kier molecular flexibility index (Phi) is 7.72. The number of aromatic nitrogens is 2. The largest absolute Gasteiger partial charge is 0.354 e. The molecule has 0 aliphatic carbocycles. The van der Waals surface area contributed by atoms with E-state index in [-0.39, 0.29) is 23.9 Å². The van der Waals surface area contributed by atoms with Gasteiger partial charge >= 0.3 is 0 Å². The molecule has 0 radical (unpaired) electrons. The zero-order chi connectivity index (χ0) is 22.6. The summed E-state index contributed by atoms with van der Waals surface area (Å²) in [5, 5.41) is 6.96. The number of rotatable bonds is 9. The van der Waals surface area contributed by atoms with Gasteiger partial charge in [0.15, 0.2) is 5.82 Å². The summed E-state index contributed by atoms with van der Waals surface area (Å²) in [5.74, 6) is 1.10. The van der Waals surface area contributed by atoms with Gasteiger partial charge in [-0.15, -0.1) is 0 Å². The van der Waals surface area contributed by atoms with E-state index in [0.29, 0.717) is 31.3 Å². The molecule has 176 valence electrons. The summed E-state index contributed by atoms with van der Waals surface area (Å²) in [6.45, 7) is 11.4. The van der Waals surface area contributed by atoms with Crippen molar-refractivity contribution in [1.82, 2.24) is 29.6 Å². The number of aryl methyl sites for hydroxylation is 1. The Balaban J connectivity index is 1.65. The zero-order valence-electron chi connectivity index (χ0n) is 19.1. The minimum atomic E-state index is -3.18. The van der Waals surface area contributed by atoms with Gasteiger partial charge in [0.25, 0.3) is 0 Å². The molecule has 11 heteroatoms. The number of piperidine rings is 1. The Morgan fingerprint density at radius 2 is 1.97 bits per heavy atom. The first kappa shape index (κ1) is 24.1. The number of carbonyl (C=O) groups excluding carboxylic acids is 1. The predicted molar refractivity (Wildman–Crippen MR) is 117 cm³/mol. The molecule has 0 bridgehead atoms. The number of likely N-dealkylation sites (N-methyl/N-ethyl adjacent to an activating group) is 1. The molecule has 10 nitrogen and oxygen atoms in total. The molecule has 1 N–H and O–H groups in total. The molecule has 2 fully saturated rings. The van der Waals surface area contributed by atoms with Crippen molar-refractivity contribution in [2.75, 3.05) is 58.6 Å². The summed E-state index contributed by atoms with van der Waals surface area (Å²) in [6, 6.07) is -0.125. The number of nitrogens with zero attached hydrogens (tertiary/aromatic N) is 5. The lowest BCUT2D eigenvalue weighted by atomic mass is 9.77. The Labute approximate surface area is 185 Å².